The first-order valence-electron chi connectivity index (χ1n) is 18.2. The topological polar surface area (TPSA) is 121 Å². The van der Waals surface area contributed by atoms with Crippen LogP contribution in [-0.4, -0.2) is 69.6 Å². The Hall–Kier alpha value is -5.10. The molecule has 6 aromatic rings. The molecule has 3 aromatic carbocycles. The van der Waals surface area contributed by atoms with E-state index in [0.717, 1.165) is 60.9 Å². The van der Waals surface area contributed by atoms with E-state index in [1.54, 1.807) is 42.1 Å². The summed E-state index contributed by atoms with van der Waals surface area (Å²) >= 11 is 13.5. The van der Waals surface area contributed by atoms with Gasteiger partial charge >= 0.3 is 5.97 Å². The van der Waals surface area contributed by atoms with Gasteiger partial charge in [-0.05, 0) is 94.5 Å². The van der Waals surface area contributed by atoms with Crippen LogP contribution in [0.15, 0.2) is 48.8 Å². The molecule has 1 unspecified atom stereocenters. The SMILES string of the molecule is COCCOc1cc(N2CC(C)n3c(c(CCCOc4cc(C)c(Cl)c(C)c4)c4ccc(Cl)c(-c5c(C)ncnc5C)c43)C2=O)c2c(c1)cc(C(=O)O)n2C. The number of carboxylic acids is 1. The fraction of sp³-hybridized carbons (Fsp3) is 0.333. The van der Waals surface area contributed by atoms with Gasteiger partial charge in [-0.25, -0.2) is 14.8 Å². The lowest BCUT2D eigenvalue weighted by atomic mass is 9.97. The van der Waals surface area contributed by atoms with Gasteiger partial charge in [-0.1, -0.05) is 29.3 Å². The van der Waals surface area contributed by atoms with Crippen molar-refractivity contribution in [2.45, 2.75) is 53.5 Å². The number of amides is 1. The molecule has 3 aromatic heterocycles. The van der Waals surface area contributed by atoms with Crippen LogP contribution in [0.3, 0.4) is 0 Å². The number of methoxy groups -OCH3 is 1. The Kier molecular flexibility index (Phi) is 10.6. The fourth-order valence-corrected chi connectivity index (χ4v) is 8.30. The molecular formula is C42H43Cl2N5O6. The Bertz CT molecular complexity index is 2460. The molecule has 1 aliphatic rings. The highest BCUT2D eigenvalue weighted by Gasteiger charge is 2.38. The molecule has 0 radical (unpaired) electrons. The van der Waals surface area contributed by atoms with Crippen molar-refractivity contribution >= 4 is 62.6 Å². The van der Waals surface area contributed by atoms with E-state index >= 15 is 4.79 Å². The molecule has 55 heavy (non-hydrogen) atoms. The molecule has 0 saturated heterocycles. The third-order valence-electron chi connectivity index (χ3n) is 10.4. The van der Waals surface area contributed by atoms with E-state index in [1.807, 2.05) is 58.0 Å². The number of hydrogen-bond acceptors (Lipinski definition) is 7. The lowest BCUT2D eigenvalue weighted by molar-refractivity contribution is 0.0687. The molecule has 286 valence electrons. The number of nitrogens with zero attached hydrogens (tertiary/aromatic N) is 5. The number of hydrogen-bond donors (Lipinski definition) is 1. The summed E-state index contributed by atoms with van der Waals surface area (Å²) in [4.78, 5) is 38.4. The van der Waals surface area contributed by atoms with Crippen molar-refractivity contribution < 1.29 is 28.9 Å². The van der Waals surface area contributed by atoms with E-state index < -0.39 is 5.97 Å². The summed E-state index contributed by atoms with van der Waals surface area (Å²) in [5.41, 5.74) is 8.57. The summed E-state index contributed by atoms with van der Waals surface area (Å²) in [6.45, 7) is 11.2. The number of aromatic carboxylic acids is 1. The number of carboxylic acid groups (broad SMARTS) is 1. The summed E-state index contributed by atoms with van der Waals surface area (Å²) in [6.07, 6.45) is 2.69. The van der Waals surface area contributed by atoms with E-state index in [-0.39, 0.29) is 24.2 Å². The Balaban J connectivity index is 1.39. The molecule has 0 aliphatic carbocycles. The lowest BCUT2D eigenvalue weighted by Gasteiger charge is -2.35. The molecular weight excluding hydrogens is 741 g/mol. The van der Waals surface area contributed by atoms with E-state index in [1.165, 1.54) is 0 Å². The normalized spacial score (nSPS) is 14.2. The molecule has 4 heterocycles. The molecule has 1 amide bonds. The van der Waals surface area contributed by atoms with Crippen LogP contribution in [0.1, 0.15) is 68.4 Å². The highest BCUT2D eigenvalue weighted by Crippen LogP contribution is 2.46. The van der Waals surface area contributed by atoms with Crippen LogP contribution < -0.4 is 14.4 Å². The number of aromatic nitrogens is 4. The Labute approximate surface area is 329 Å². The molecule has 13 heteroatoms. The number of fused-ring (bicyclic) bond motifs is 4. The minimum absolute atomic E-state index is 0.0961. The van der Waals surface area contributed by atoms with Gasteiger partial charge in [0.05, 0.1) is 35.0 Å². The minimum Gasteiger partial charge on any atom is -0.494 e. The Morgan fingerprint density at radius 1 is 0.909 bits per heavy atom. The summed E-state index contributed by atoms with van der Waals surface area (Å²) in [6, 6.07) is 12.7. The zero-order chi connectivity index (χ0) is 39.3. The van der Waals surface area contributed by atoms with E-state index in [9.17, 15) is 9.90 Å². The molecule has 11 nitrogen and oxygen atoms in total. The van der Waals surface area contributed by atoms with Gasteiger partial charge in [0.25, 0.3) is 5.91 Å². The van der Waals surface area contributed by atoms with Gasteiger partial charge in [0.1, 0.15) is 35.8 Å². The minimum atomic E-state index is -1.07. The van der Waals surface area contributed by atoms with Gasteiger partial charge in [0.2, 0.25) is 0 Å². The number of carbonyl (C=O) groups is 2. The monoisotopic (exact) mass is 783 g/mol. The van der Waals surface area contributed by atoms with Gasteiger partial charge in [-0.15, -0.1) is 0 Å². The zero-order valence-electron chi connectivity index (χ0n) is 31.9. The Morgan fingerprint density at radius 3 is 2.25 bits per heavy atom. The average Bonchev–Trinajstić information content (AvgIpc) is 3.66. The first kappa shape index (κ1) is 38.2. The van der Waals surface area contributed by atoms with Crippen molar-refractivity contribution in [2.24, 2.45) is 7.05 Å². The second-order valence-electron chi connectivity index (χ2n) is 14.1. The highest BCUT2D eigenvalue weighted by atomic mass is 35.5. The molecule has 7 rings (SSSR count). The van der Waals surface area contributed by atoms with Crippen molar-refractivity contribution in [3.05, 3.63) is 98.3 Å². The van der Waals surface area contributed by atoms with Crippen LogP contribution in [0.25, 0.3) is 32.9 Å². The summed E-state index contributed by atoms with van der Waals surface area (Å²) in [7, 11) is 3.29. The van der Waals surface area contributed by atoms with Gasteiger partial charge in [-0.3, -0.25) is 4.79 Å². The second kappa shape index (κ2) is 15.2. The zero-order valence-corrected chi connectivity index (χ0v) is 33.4. The molecule has 0 bridgehead atoms. The van der Waals surface area contributed by atoms with Crippen molar-refractivity contribution in [1.29, 1.82) is 0 Å². The molecule has 1 aliphatic heterocycles. The van der Waals surface area contributed by atoms with Crippen LogP contribution in [0, 0.1) is 27.7 Å². The van der Waals surface area contributed by atoms with Crippen LogP contribution in [0.4, 0.5) is 5.69 Å². The van der Waals surface area contributed by atoms with Crippen molar-refractivity contribution in [2.75, 3.05) is 38.4 Å². The number of anilines is 1. The first-order valence-corrected chi connectivity index (χ1v) is 18.9. The maximum absolute atomic E-state index is 15.3. The number of carbonyl (C=O) groups excluding carboxylic acids is 1. The highest BCUT2D eigenvalue weighted by molar-refractivity contribution is 6.35. The summed E-state index contributed by atoms with van der Waals surface area (Å²) in [5.74, 6) is -0.0495. The van der Waals surface area contributed by atoms with Crippen LogP contribution in [0.2, 0.25) is 10.0 Å². The van der Waals surface area contributed by atoms with Crippen LogP contribution >= 0.6 is 23.2 Å². The molecule has 0 fully saturated rings. The molecule has 0 saturated carbocycles. The van der Waals surface area contributed by atoms with Crippen molar-refractivity contribution in [1.82, 2.24) is 19.1 Å². The summed E-state index contributed by atoms with van der Waals surface area (Å²) < 4.78 is 21.2. The largest absolute Gasteiger partial charge is 0.494 e. The number of rotatable bonds is 12. The predicted octanol–water partition coefficient (Wildman–Crippen LogP) is 9.09. The van der Waals surface area contributed by atoms with Crippen LogP contribution in [-0.2, 0) is 18.2 Å². The van der Waals surface area contributed by atoms with E-state index in [0.29, 0.717) is 65.7 Å². The number of halogens is 2. The molecule has 1 atom stereocenters. The summed E-state index contributed by atoms with van der Waals surface area (Å²) in [5, 5.41) is 12.9. The fourth-order valence-electron chi connectivity index (χ4n) is 7.95. The number of ether oxygens (including phenoxy) is 3. The quantitative estimate of drug-likeness (QED) is 0.122. The Morgan fingerprint density at radius 2 is 1.58 bits per heavy atom. The van der Waals surface area contributed by atoms with Crippen molar-refractivity contribution in [3.8, 4) is 22.6 Å². The van der Waals surface area contributed by atoms with Gasteiger partial charge in [0.15, 0.2) is 0 Å². The van der Waals surface area contributed by atoms with Gasteiger partial charge in [-0.2, -0.15) is 0 Å². The van der Waals surface area contributed by atoms with Crippen molar-refractivity contribution in [3.63, 3.8) is 0 Å². The van der Waals surface area contributed by atoms with E-state index in [4.69, 9.17) is 37.4 Å². The smallest absolute Gasteiger partial charge is 0.352 e. The maximum atomic E-state index is 15.3. The van der Waals surface area contributed by atoms with Gasteiger partial charge < -0.3 is 33.4 Å². The lowest BCUT2D eigenvalue weighted by Crippen LogP contribution is -2.43. The van der Waals surface area contributed by atoms with E-state index in [2.05, 4.69) is 21.5 Å². The van der Waals surface area contributed by atoms with Gasteiger partial charge in [0, 0.05) is 71.1 Å². The van der Waals surface area contributed by atoms with Crippen LogP contribution in [0.5, 0.6) is 11.5 Å². The third kappa shape index (κ3) is 6.79. The standard InChI is InChI=1S/C42H43Cl2N5O6/c1-22-15-28(16-23(2)37(22)44)54-12-8-9-30-31-10-11-32(43)36(35-25(4)45-21-46-26(35)5)39(31)49-24(3)20-48(41(50)40(30)49)33-19-29(55-14-13-53-7)17-27-18-34(42(51)52)47(6)38(27)33/h10-11,15-19,21,24H,8-9,12-14,20H2,1-7H3,(H,51,52). The second-order valence-corrected chi connectivity index (χ2v) is 14.9. The average molecular weight is 785 g/mol. The predicted molar refractivity (Wildman–Crippen MR) is 216 cm³/mol. The number of aryl methyl sites for hydroxylation is 6. The third-order valence-corrected chi connectivity index (χ3v) is 11.3. The molecule has 1 N–H and O–H groups in total. The maximum Gasteiger partial charge on any atom is 0.352 e. The number of benzene rings is 3. The first-order chi connectivity index (χ1) is 26.3. The molecule has 0 spiro atoms.